The SMILES string of the molecule is Cc1ccc(-c2nc(NC(=O)c3cc(S(N)(=O)=O)c(C)o3)sc2C)s1. The van der Waals surface area contributed by atoms with Crippen LogP contribution in [0.2, 0.25) is 0 Å². The molecule has 3 heterocycles. The zero-order valence-corrected chi connectivity index (χ0v) is 16.1. The molecule has 0 saturated carbocycles. The number of nitrogens with one attached hydrogen (secondary N) is 1. The third-order valence-electron chi connectivity index (χ3n) is 3.39. The third-order valence-corrected chi connectivity index (χ3v) is 6.31. The van der Waals surface area contributed by atoms with E-state index in [1.807, 2.05) is 26.0 Å². The molecule has 25 heavy (non-hydrogen) atoms. The maximum Gasteiger partial charge on any atom is 0.293 e. The summed E-state index contributed by atoms with van der Waals surface area (Å²) >= 11 is 2.96. The fourth-order valence-electron chi connectivity index (χ4n) is 2.26. The monoisotopic (exact) mass is 397 g/mol. The molecule has 132 valence electrons. The van der Waals surface area contributed by atoms with Crippen LogP contribution in [-0.4, -0.2) is 19.3 Å². The van der Waals surface area contributed by atoms with Gasteiger partial charge in [0.05, 0.1) is 10.6 Å². The van der Waals surface area contributed by atoms with Crippen LogP contribution in [0.1, 0.15) is 26.1 Å². The molecule has 3 rings (SSSR count). The van der Waals surface area contributed by atoms with E-state index in [1.54, 1.807) is 11.3 Å². The lowest BCUT2D eigenvalue weighted by atomic mass is 10.3. The highest BCUT2D eigenvalue weighted by Crippen LogP contribution is 2.34. The van der Waals surface area contributed by atoms with E-state index in [0.29, 0.717) is 5.13 Å². The van der Waals surface area contributed by atoms with Crippen LogP contribution in [0, 0.1) is 20.8 Å². The summed E-state index contributed by atoms with van der Waals surface area (Å²) in [6.45, 7) is 5.37. The molecule has 3 aromatic rings. The van der Waals surface area contributed by atoms with Crippen LogP contribution in [0.15, 0.2) is 27.5 Å². The van der Waals surface area contributed by atoms with Gasteiger partial charge in [0.25, 0.3) is 5.91 Å². The van der Waals surface area contributed by atoms with Gasteiger partial charge in [-0.15, -0.1) is 22.7 Å². The van der Waals surface area contributed by atoms with Crippen LogP contribution >= 0.6 is 22.7 Å². The number of nitrogens with two attached hydrogens (primary N) is 1. The van der Waals surface area contributed by atoms with E-state index in [4.69, 9.17) is 9.56 Å². The van der Waals surface area contributed by atoms with Crippen LogP contribution in [-0.2, 0) is 10.0 Å². The van der Waals surface area contributed by atoms with E-state index in [1.165, 1.54) is 23.1 Å². The van der Waals surface area contributed by atoms with Crippen LogP contribution in [0.25, 0.3) is 10.6 Å². The third kappa shape index (κ3) is 3.66. The van der Waals surface area contributed by atoms with Crippen molar-refractivity contribution in [2.75, 3.05) is 5.32 Å². The quantitative estimate of drug-likeness (QED) is 0.701. The molecule has 3 aromatic heterocycles. The molecule has 3 N–H and O–H groups in total. The molecule has 0 aliphatic heterocycles. The van der Waals surface area contributed by atoms with Gasteiger partial charge in [0.1, 0.15) is 10.7 Å². The fraction of sp³-hybridized carbons (Fsp3) is 0.200. The molecule has 0 spiro atoms. The summed E-state index contributed by atoms with van der Waals surface area (Å²) in [5.41, 5.74) is 0.819. The number of aryl methyl sites for hydroxylation is 3. The van der Waals surface area contributed by atoms with Crippen LogP contribution in [0.4, 0.5) is 5.13 Å². The summed E-state index contributed by atoms with van der Waals surface area (Å²) in [4.78, 5) is 19.7. The average Bonchev–Trinajstić information content (AvgIpc) is 3.17. The molecule has 0 saturated heterocycles. The topological polar surface area (TPSA) is 115 Å². The highest BCUT2D eigenvalue weighted by molar-refractivity contribution is 7.89. The molecule has 0 atom stereocenters. The van der Waals surface area contributed by atoms with E-state index in [0.717, 1.165) is 21.5 Å². The average molecular weight is 398 g/mol. The Bertz CT molecular complexity index is 1060. The maximum absolute atomic E-state index is 12.3. The number of furan rings is 1. The number of thiophene rings is 1. The number of hydrogen-bond acceptors (Lipinski definition) is 7. The summed E-state index contributed by atoms with van der Waals surface area (Å²) < 4.78 is 28.1. The minimum atomic E-state index is -3.94. The molecule has 0 aromatic carbocycles. The molecular weight excluding hydrogens is 382 g/mol. The summed E-state index contributed by atoms with van der Waals surface area (Å²) in [6, 6.07) is 5.11. The lowest BCUT2D eigenvalue weighted by Crippen LogP contribution is -2.13. The Morgan fingerprint density at radius 1 is 1.24 bits per heavy atom. The number of thiazole rings is 1. The first-order valence-corrected chi connectivity index (χ1v) is 10.3. The Balaban J connectivity index is 1.85. The number of sulfonamides is 1. The Morgan fingerprint density at radius 2 is 1.96 bits per heavy atom. The lowest BCUT2D eigenvalue weighted by molar-refractivity contribution is 0.0995. The van der Waals surface area contributed by atoms with Crippen molar-refractivity contribution in [1.29, 1.82) is 0 Å². The normalized spacial score (nSPS) is 11.7. The van der Waals surface area contributed by atoms with Gasteiger partial charge in [-0.2, -0.15) is 0 Å². The summed E-state index contributed by atoms with van der Waals surface area (Å²) in [6.07, 6.45) is 0. The molecular formula is C15H15N3O4S3. The summed E-state index contributed by atoms with van der Waals surface area (Å²) in [7, 11) is -3.94. The predicted octanol–water partition coefficient (Wildman–Crippen LogP) is 3.29. The van der Waals surface area contributed by atoms with Crippen molar-refractivity contribution in [2.24, 2.45) is 5.14 Å². The Hall–Kier alpha value is -2.01. The van der Waals surface area contributed by atoms with E-state index in [-0.39, 0.29) is 16.4 Å². The van der Waals surface area contributed by atoms with Crippen molar-refractivity contribution in [3.8, 4) is 10.6 Å². The van der Waals surface area contributed by atoms with Crippen molar-refractivity contribution in [3.63, 3.8) is 0 Å². The molecule has 0 radical (unpaired) electrons. The number of aromatic nitrogens is 1. The number of rotatable bonds is 4. The largest absolute Gasteiger partial charge is 0.455 e. The molecule has 0 fully saturated rings. The van der Waals surface area contributed by atoms with Crippen molar-refractivity contribution in [3.05, 3.63) is 39.5 Å². The van der Waals surface area contributed by atoms with Gasteiger partial charge >= 0.3 is 0 Å². The van der Waals surface area contributed by atoms with Gasteiger partial charge in [0, 0.05) is 15.8 Å². The minimum Gasteiger partial charge on any atom is -0.455 e. The van der Waals surface area contributed by atoms with Crippen molar-refractivity contribution < 1.29 is 17.6 Å². The zero-order chi connectivity index (χ0) is 18.4. The van der Waals surface area contributed by atoms with Gasteiger partial charge in [0.2, 0.25) is 10.0 Å². The first-order chi connectivity index (χ1) is 11.6. The fourth-order valence-corrected chi connectivity index (χ4v) is 4.77. The van der Waals surface area contributed by atoms with Crippen LogP contribution < -0.4 is 10.5 Å². The van der Waals surface area contributed by atoms with Gasteiger partial charge in [-0.1, -0.05) is 0 Å². The van der Waals surface area contributed by atoms with Gasteiger partial charge in [-0.05, 0) is 32.9 Å². The van der Waals surface area contributed by atoms with Crippen LogP contribution in [0.3, 0.4) is 0 Å². The summed E-state index contributed by atoms with van der Waals surface area (Å²) in [5.74, 6) is -0.652. The Labute approximate surface area is 152 Å². The van der Waals surface area contributed by atoms with E-state index in [9.17, 15) is 13.2 Å². The smallest absolute Gasteiger partial charge is 0.293 e. The molecule has 0 unspecified atom stereocenters. The second kappa shape index (κ2) is 6.37. The first kappa shape index (κ1) is 17.8. The Morgan fingerprint density at radius 3 is 2.52 bits per heavy atom. The van der Waals surface area contributed by atoms with E-state index >= 15 is 0 Å². The molecule has 0 bridgehead atoms. The molecule has 7 nitrogen and oxygen atoms in total. The highest BCUT2D eigenvalue weighted by atomic mass is 32.2. The number of primary sulfonamides is 1. The van der Waals surface area contributed by atoms with Gasteiger partial charge in [-0.25, -0.2) is 18.5 Å². The number of anilines is 1. The van der Waals surface area contributed by atoms with Crippen molar-refractivity contribution in [2.45, 2.75) is 25.7 Å². The van der Waals surface area contributed by atoms with Crippen molar-refractivity contribution >= 4 is 43.7 Å². The highest BCUT2D eigenvalue weighted by Gasteiger charge is 2.22. The maximum atomic E-state index is 12.3. The molecule has 0 aliphatic carbocycles. The van der Waals surface area contributed by atoms with E-state index < -0.39 is 15.9 Å². The van der Waals surface area contributed by atoms with Crippen LogP contribution in [0.5, 0.6) is 0 Å². The standard InChI is InChI=1S/C15H15N3O4S3/c1-7-4-5-11(23-7)13-9(3)24-15(17-13)18-14(19)10-6-12(8(2)22-10)25(16,20)21/h4-6H,1-3H3,(H2,16,20,21)(H,17,18,19). The second-order valence-corrected chi connectivity index (χ2v) is 9.39. The summed E-state index contributed by atoms with van der Waals surface area (Å²) in [5, 5.41) is 8.13. The molecule has 0 aliphatic rings. The van der Waals surface area contributed by atoms with Gasteiger partial charge in [-0.3, -0.25) is 10.1 Å². The molecule has 1 amide bonds. The number of carbonyl (C=O) groups excluding carboxylic acids is 1. The first-order valence-electron chi connectivity index (χ1n) is 7.14. The molecule has 10 heteroatoms. The Kier molecular flexibility index (Phi) is 4.54. The zero-order valence-electron chi connectivity index (χ0n) is 13.6. The number of amides is 1. The predicted molar refractivity (Wildman–Crippen MR) is 97.7 cm³/mol. The number of carbonyl (C=O) groups is 1. The lowest BCUT2D eigenvalue weighted by Gasteiger charge is -1.97. The number of nitrogens with zero attached hydrogens (tertiary/aromatic N) is 1. The minimum absolute atomic E-state index is 0.0673. The van der Waals surface area contributed by atoms with Crippen molar-refractivity contribution in [1.82, 2.24) is 4.98 Å². The number of hydrogen-bond donors (Lipinski definition) is 2. The second-order valence-electron chi connectivity index (χ2n) is 5.36. The van der Waals surface area contributed by atoms with Gasteiger partial charge in [0.15, 0.2) is 10.9 Å². The van der Waals surface area contributed by atoms with Gasteiger partial charge < -0.3 is 4.42 Å². The van der Waals surface area contributed by atoms with E-state index in [2.05, 4.69) is 10.3 Å².